The SMILES string of the molecule is CC(CNC(=O)Cn1nnn(-c2cccs2)c1=O)(c1ccccc1)c1ccccc1. The molecule has 2 aromatic heterocycles. The van der Waals surface area contributed by atoms with E-state index in [4.69, 9.17) is 0 Å². The Morgan fingerprint density at radius 1 is 0.967 bits per heavy atom. The van der Waals surface area contributed by atoms with Gasteiger partial charge in [0.2, 0.25) is 5.91 Å². The van der Waals surface area contributed by atoms with Crippen molar-refractivity contribution in [2.45, 2.75) is 18.9 Å². The summed E-state index contributed by atoms with van der Waals surface area (Å²) in [5, 5.41) is 13.2. The molecule has 2 aromatic carbocycles. The van der Waals surface area contributed by atoms with Crippen molar-refractivity contribution in [3.05, 3.63) is 99.8 Å². The van der Waals surface area contributed by atoms with Crippen LogP contribution in [0.5, 0.6) is 0 Å². The lowest BCUT2D eigenvalue weighted by molar-refractivity contribution is -0.122. The zero-order valence-corrected chi connectivity index (χ0v) is 17.2. The Labute approximate surface area is 177 Å². The molecule has 0 aliphatic rings. The minimum absolute atomic E-state index is 0.191. The highest BCUT2D eigenvalue weighted by Gasteiger charge is 2.29. The van der Waals surface area contributed by atoms with Crippen LogP contribution in [0.2, 0.25) is 0 Å². The number of thiophene rings is 1. The molecule has 0 atom stereocenters. The number of carbonyl (C=O) groups is 1. The van der Waals surface area contributed by atoms with Crippen LogP contribution in [0.4, 0.5) is 0 Å². The predicted octanol–water partition coefficient (Wildman–Crippen LogP) is 2.61. The summed E-state index contributed by atoms with van der Waals surface area (Å²) in [6.07, 6.45) is 0. The van der Waals surface area contributed by atoms with E-state index in [1.807, 2.05) is 47.8 Å². The zero-order chi connectivity index (χ0) is 21.0. The molecule has 0 unspecified atom stereocenters. The van der Waals surface area contributed by atoms with Crippen LogP contribution in [0.15, 0.2) is 83.0 Å². The van der Waals surface area contributed by atoms with Crippen LogP contribution in [0, 0.1) is 0 Å². The Morgan fingerprint density at radius 2 is 1.60 bits per heavy atom. The van der Waals surface area contributed by atoms with Crippen molar-refractivity contribution in [3.63, 3.8) is 0 Å². The third-order valence-corrected chi connectivity index (χ3v) is 5.95. The molecule has 0 spiro atoms. The maximum Gasteiger partial charge on any atom is 0.369 e. The average Bonchev–Trinajstić information content (AvgIpc) is 3.44. The molecule has 0 radical (unpaired) electrons. The first-order chi connectivity index (χ1) is 14.6. The molecule has 0 saturated heterocycles. The number of benzene rings is 2. The number of tetrazole rings is 1. The van der Waals surface area contributed by atoms with Crippen molar-refractivity contribution in [1.82, 2.24) is 25.1 Å². The van der Waals surface area contributed by atoms with Crippen LogP contribution >= 0.6 is 11.3 Å². The van der Waals surface area contributed by atoms with E-state index in [0.29, 0.717) is 11.5 Å². The van der Waals surface area contributed by atoms with Crippen molar-refractivity contribution in [2.24, 2.45) is 0 Å². The van der Waals surface area contributed by atoms with Gasteiger partial charge in [-0.1, -0.05) is 60.7 Å². The van der Waals surface area contributed by atoms with E-state index >= 15 is 0 Å². The third-order valence-electron chi connectivity index (χ3n) is 5.11. The van der Waals surface area contributed by atoms with Crippen LogP contribution in [0.1, 0.15) is 18.1 Å². The van der Waals surface area contributed by atoms with Crippen LogP contribution in [0.3, 0.4) is 0 Å². The number of hydrogen-bond acceptors (Lipinski definition) is 5. The smallest absolute Gasteiger partial charge is 0.353 e. The quantitative estimate of drug-likeness (QED) is 0.499. The Hall–Kier alpha value is -3.52. The highest BCUT2D eigenvalue weighted by Crippen LogP contribution is 2.31. The lowest BCUT2D eigenvalue weighted by Gasteiger charge is -2.31. The number of hydrogen-bond donors (Lipinski definition) is 1. The van der Waals surface area contributed by atoms with Gasteiger partial charge >= 0.3 is 5.69 Å². The second kappa shape index (κ2) is 8.46. The first-order valence-corrected chi connectivity index (χ1v) is 10.4. The van der Waals surface area contributed by atoms with E-state index in [1.54, 1.807) is 6.07 Å². The van der Waals surface area contributed by atoms with Gasteiger partial charge in [0.25, 0.3) is 0 Å². The zero-order valence-electron chi connectivity index (χ0n) is 16.4. The van der Waals surface area contributed by atoms with Gasteiger partial charge in [-0.3, -0.25) is 4.79 Å². The summed E-state index contributed by atoms with van der Waals surface area (Å²) in [5.41, 5.74) is 1.33. The molecule has 7 nitrogen and oxygen atoms in total. The number of nitrogens with one attached hydrogen (secondary N) is 1. The molecule has 0 fully saturated rings. The Balaban J connectivity index is 1.51. The third kappa shape index (κ3) is 3.95. The molecule has 30 heavy (non-hydrogen) atoms. The number of aromatic nitrogens is 4. The predicted molar refractivity (Wildman–Crippen MR) is 116 cm³/mol. The average molecular weight is 420 g/mol. The number of amides is 1. The van der Waals surface area contributed by atoms with Gasteiger partial charge in [-0.2, -0.15) is 9.36 Å². The minimum atomic E-state index is -0.443. The molecule has 0 saturated carbocycles. The summed E-state index contributed by atoms with van der Waals surface area (Å²) in [6, 6.07) is 23.7. The highest BCUT2D eigenvalue weighted by atomic mass is 32.1. The van der Waals surface area contributed by atoms with Gasteiger partial charge < -0.3 is 5.32 Å². The Bertz CT molecular complexity index is 1130. The standard InChI is InChI=1S/C22H21N5O2S/c1-22(17-9-4-2-5-10-17,18-11-6-3-7-12-18)16-23-19(28)15-26-21(29)27(25-24-26)20-13-8-14-30-20/h2-14H,15-16H2,1H3,(H,23,28). The molecule has 2 heterocycles. The number of rotatable bonds is 7. The molecule has 0 aliphatic carbocycles. The number of carbonyl (C=O) groups excluding carboxylic acids is 1. The molecule has 8 heteroatoms. The highest BCUT2D eigenvalue weighted by molar-refractivity contribution is 7.12. The molecule has 0 aliphatic heterocycles. The Kier molecular flexibility index (Phi) is 5.58. The summed E-state index contributed by atoms with van der Waals surface area (Å²) < 4.78 is 2.26. The minimum Gasteiger partial charge on any atom is -0.353 e. The van der Waals surface area contributed by atoms with Crippen molar-refractivity contribution in [2.75, 3.05) is 6.54 Å². The van der Waals surface area contributed by atoms with Gasteiger partial charge in [0, 0.05) is 12.0 Å². The normalized spacial score (nSPS) is 11.4. The molecule has 1 N–H and O–H groups in total. The fourth-order valence-electron chi connectivity index (χ4n) is 3.35. The number of nitrogens with zero attached hydrogens (tertiary/aromatic N) is 4. The topological polar surface area (TPSA) is 81.8 Å². The van der Waals surface area contributed by atoms with Crippen molar-refractivity contribution >= 4 is 17.2 Å². The van der Waals surface area contributed by atoms with E-state index in [0.717, 1.165) is 15.8 Å². The lowest BCUT2D eigenvalue weighted by Crippen LogP contribution is -2.42. The van der Waals surface area contributed by atoms with E-state index in [2.05, 4.69) is 46.9 Å². The molecule has 4 rings (SSSR count). The first-order valence-electron chi connectivity index (χ1n) is 9.52. The van der Waals surface area contributed by atoms with E-state index in [-0.39, 0.29) is 12.5 Å². The van der Waals surface area contributed by atoms with Gasteiger partial charge in [0.1, 0.15) is 11.5 Å². The molecular weight excluding hydrogens is 398 g/mol. The summed E-state index contributed by atoms with van der Waals surface area (Å²) in [5.74, 6) is -0.298. The Morgan fingerprint density at radius 3 is 2.17 bits per heavy atom. The monoisotopic (exact) mass is 419 g/mol. The van der Waals surface area contributed by atoms with Crippen molar-refractivity contribution in [1.29, 1.82) is 0 Å². The molecule has 0 bridgehead atoms. The van der Waals surface area contributed by atoms with Crippen LogP contribution in [0.25, 0.3) is 5.00 Å². The van der Waals surface area contributed by atoms with Crippen LogP contribution < -0.4 is 11.0 Å². The maximum absolute atomic E-state index is 12.6. The van der Waals surface area contributed by atoms with Gasteiger partial charge in [0.05, 0.1) is 0 Å². The molecular formula is C22H21N5O2S. The summed E-state index contributed by atoms with van der Waals surface area (Å²) in [4.78, 5) is 25.1. The molecule has 4 aromatic rings. The largest absolute Gasteiger partial charge is 0.369 e. The van der Waals surface area contributed by atoms with Crippen LogP contribution in [-0.2, 0) is 16.8 Å². The molecule has 1 amide bonds. The summed E-state index contributed by atoms with van der Waals surface area (Å²) >= 11 is 1.38. The summed E-state index contributed by atoms with van der Waals surface area (Å²) in [6.45, 7) is 2.29. The van der Waals surface area contributed by atoms with Gasteiger partial charge in [-0.05, 0) is 46.0 Å². The van der Waals surface area contributed by atoms with Gasteiger partial charge in [-0.25, -0.2) is 4.79 Å². The van der Waals surface area contributed by atoms with Crippen LogP contribution in [-0.4, -0.2) is 32.2 Å². The first kappa shape index (κ1) is 19.8. The van der Waals surface area contributed by atoms with Crippen molar-refractivity contribution in [3.8, 4) is 5.00 Å². The summed E-state index contributed by atoms with van der Waals surface area (Å²) in [7, 11) is 0. The fourth-order valence-corrected chi connectivity index (χ4v) is 4.02. The fraction of sp³-hybridized carbons (Fsp3) is 0.182. The second-order valence-corrected chi connectivity index (χ2v) is 8.05. The second-order valence-electron chi connectivity index (χ2n) is 7.12. The van der Waals surface area contributed by atoms with Crippen molar-refractivity contribution < 1.29 is 4.79 Å². The van der Waals surface area contributed by atoms with E-state index in [1.165, 1.54) is 16.0 Å². The maximum atomic E-state index is 12.6. The van der Waals surface area contributed by atoms with Gasteiger partial charge in [0.15, 0.2) is 0 Å². The van der Waals surface area contributed by atoms with E-state index in [9.17, 15) is 9.59 Å². The molecule has 152 valence electrons. The van der Waals surface area contributed by atoms with Gasteiger partial charge in [-0.15, -0.1) is 11.3 Å². The lowest BCUT2D eigenvalue weighted by atomic mass is 9.76. The van der Waals surface area contributed by atoms with E-state index < -0.39 is 11.1 Å².